The van der Waals surface area contributed by atoms with Crippen LogP contribution in [-0.2, 0) is 9.47 Å². The van der Waals surface area contributed by atoms with Gasteiger partial charge in [-0.25, -0.2) is 4.79 Å². The third kappa shape index (κ3) is 1.27. The Morgan fingerprint density at radius 1 is 1.58 bits per heavy atom. The summed E-state index contributed by atoms with van der Waals surface area (Å²) < 4.78 is 10.3. The molecule has 1 saturated carbocycles. The number of hydrogen-bond donors (Lipinski definition) is 1. The first-order valence-electron chi connectivity index (χ1n) is 4.29. The summed E-state index contributed by atoms with van der Waals surface area (Å²) in [5, 5.41) is 2.78. The average molecular weight is 171 g/mol. The van der Waals surface area contributed by atoms with Crippen LogP contribution in [0.5, 0.6) is 0 Å². The number of nitrogens with one attached hydrogen (secondary N) is 1. The van der Waals surface area contributed by atoms with Gasteiger partial charge in [0.15, 0.2) is 0 Å². The minimum absolute atomic E-state index is 0.0381. The molecule has 0 radical (unpaired) electrons. The van der Waals surface area contributed by atoms with Crippen molar-refractivity contribution in [2.45, 2.75) is 37.5 Å². The molecule has 0 aromatic carbocycles. The van der Waals surface area contributed by atoms with Gasteiger partial charge in [0.05, 0.1) is 12.1 Å². The summed E-state index contributed by atoms with van der Waals surface area (Å²) in [6.45, 7) is 0. The standard InChI is InChI=1S/C8H13NO3/c1-11-5-2-3-6-7(4-5)12-8(10)9-6/h5-7H,2-4H2,1H3,(H,9,10). The van der Waals surface area contributed by atoms with E-state index in [0.717, 1.165) is 19.3 Å². The first-order chi connectivity index (χ1) is 5.79. The lowest BCUT2D eigenvalue weighted by molar-refractivity contribution is 0.0144. The van der Waals surface area contributed by atoms with Crippen LogP contribution in [0.25, 0.3) is 0 Å². The molecule has 4 heteroatoms. The molecular weight excluding hydrogens is 158 g/mol. The number of carbonyl (C=O) groups is 1. The van der Waals surface area contributed by atoms with Crippen LogP contribution in [0, 0.1) is 0 Å². The van der Waals surface area contributed by atoms with Crippen molar-refractivity contribution in [3.8, 4) is 0 Å². The van der Waals surface area contributed by atoms with E-state index in [1.165, 1.54) is 0 Å². The normalized spacial score (nSPS) is 40.1. The number of methoxy groups -OCH3 is 1. The summed E-state index contributed by atoms with van der Waals surface area (Å²) >= 11 is 0. The average Bonchev–Trinajstić information content (AvgIpc) is 2.43. The Morgan fingerprint density at radius 2 is 2.42 bits per heavy atom. The highest BCUT2D eigenvalue weighted by Gasteiger charge is 2.39. The van der Waals surface area contributed by atoms with E-state index in [-0.39, 0.29) is 24.3 Å². The molecular formula is C8H13NO3. The monoisotopic (exact) mass is 171 g/mol. The van der Waals surface area contributed by atoms with E-state index in [9.17, 15) is 4.79 Å². The van der Waals surface area contributed by atoms with Gasteiger partial charge in [-0.2, -0.15) is 0 Å². The van der Waals surface area contributed by atoms with E-state index < -0.39 is 0 Å². The van der Waals surface area contributed by atoms with E-state index in [1.54, 1.807) is 7.11 Å². The summed E-state index contributed by atoms with van der Waals surface area (Å²) in [6, 6.07) is 0.226. The van der Waals surface area contributed by atoms with Crippen LogP contribution in [0.1, 0.15) is 19.3 Å². The number of alkyl carbamates (subject to hydrolysis) is 1. The number of fused-ring (bicyclic) bond motifs is 1. The zero-order valence-corrected chi connectivity index (χ0v) is 7.08. The van der Waals surface area contributed by atoms with E-state index in [0.29, 0.717) is 0 Å². The quantitative estimate of drug-likeness (QED) is 0.630. The van der Waals surface area contributed by atoms with Crippen LogP contribution < -0.4 is 5.32 Å². The van der Waals surface area contributed by atoms with E-state index in [2.05, 4.69) is 5.32 Å². The maximum absolute atomic E-state index is 10.8. The lowest BCUT2D eigenvalue weighted by atomic mass is 9.91. The molecule has 0 aromatic rings. The molecule has 3 atom stereocenters. The predicted octanol–water partition coefficient (Wildman–Crippen LogP) is 0.662. The molecule has 1 saturated heterocycles. The van der Waals surface area contributed by atoms with Gasteiger partial charge in [-0.15, -0.1) is 0 Å². The third-order valence-electron chi connectivity index (χ3n) is 2.64. The van der Waals surface area contributed by atoms with Gasteiger partial charge >= 0.3 is 6.09 Å². The van der Waals surface area contributed by atoms with Crippen molar-refractivity contribution in [2.24, 2.45) is 0 Å². The zero-order valence-electron chi connectivity index (χ0n) is 7.08. The fraction of sp³-hybridized carbons (Fsp3) is 0.875. The molecule has 1 amide bonds. The van der Waals surface area contributed by atoms with Crippen molar-refractivity contribution < 1.29 is 14.3 Å². The topological polar surface area (TPSA) is 47.6 Å². The minimum atomic E-state index is -0.276. The van der Waals surface area contributed by atoms with E-state index >= 15 is 0 Å². The molecule has 12 heavy (non-hydrogen) atoms. The van der Waals surface area contributed by atoms with Crippen LogP contribution in [0.4, 0.5) is 4.79 Å². The molecule has 0 bridgehead atoms. The van der Waals surface area contributed by atoms with Crippen molar-refractivity contribution >= 4 is 6.09 Å². The Hall–Kier alpha value is -0.770. The summed E-state index contributed by atoms with van der Waals surface area (Å²) in [5.41, 5.74) is 0. The number of carbonyl (C=O) groups excluding carboxylic acids is 1. The molecule has 1 aliphatic carbocycles. The Kier molecular flexibility index (Phi) is 1.92. The first-order valence-corrected chi connectivity index (χ1v) is 4.29. The van der Waals surface area contributed by atoms with Crippen LogP contribution in [0.2, 0.25) is 0 Å². The highest BCUT2D eigenvalue weighted by molar-refractivity contribution is 5.70. The number of rotatable bonds is 1. The maximum atomic E-state index is 10.8. The van der Waals surface area contributed by atoms with Gasteiger partial charge in [-0.1, -0.05) is 0 Å². The van der Waals surface area contributed by atoms with Crippen LogP contribution in [-0.4, -0.2) is 31.5 Å². The lowest BCUT2D eigenvalue weighted by Gasteiger charge is -2.28. The fourth-order valence-electron chi connectivity index (χ4n) is 1.92. The maximum Gasteiger partial charge on any atom is 0.407 e. The predicted molar refractivity (Wildman–Crippen MR) is 41.8 cm³/mol. The first kappa shape index (κ1) is 7.86. The van der Waals surface area contributed by atoms with Crippen molar-refractivity contribution in [3.63, 3.8) is 0 Å². The van der Waals surface area contributed by atoms with Gasteiger partial charge < -0.3 is 14.8 Å². The number of amides is 1. The third-order valence-corrected chi connectivity index (χ3v) is 2.64. The van der Waals surface area contributed by atoms with Gasteiger partial charge in [0.1, 0.15) is 6.10 Å². The van der Waals surface area contributed by atoms with E-state index in [4.69, 9.17) is 9.47 Å². The summed E-state index contributed by atoms with van der Waals surface area (Å²) in [4.78, 5) is 10.8. The van der Waals surface area contributed by atoms with Gasteiger partial charge in [-0.05, 0) is 12.8 Å². The molecule has 0 spiro atoms. The molecule has 1 heterocycles. The molecule has 3 unspecified atom stereocenters. The molecule has 1 N–H and O–H groups in total. The second-order valence-electron chi connectivity index (χ2n) is 3.37. The molecule has 0 aromatic heterocycles. The van der Waals surface area contributed by atoms with Crippen LogP contribution in [0.3, 0.4) is 0 Å². The van der Waals surface area contributed by atoms with Crippen molar-refractivity contribution in [2.75, 3.05) is 7.11 Å². The highest BCUT2D eigenvalue weighted by atomic mass is 16.6. The van der Waals surface area contributed by atoms with Gasteiger partial charge in [0.25, 0.3) is 0 Å². The molecule has 2 aliphatic rings. The minimum Gasteiger partial charge on any atom is -0.444 e. The van der Waals surface area contributed by atoms with Gasteiger partial charge in [-0.3, -0.25) is 0 Å². The van der Waals surface area contributed by atoms with Crippen molar-refractivity contribution in [1.82, 2.24) is 5.32 Å². The SMILES string of the molecule is COC1CCC2NC(=O)OC2C1. The lowest BCUT2D eigenvalue weighted by Crippen LogP contribution is -2.39. The van der Waals surface area contributed by atoms with Crippen LogP contribution in [0.15, 0.2) is 0 Å². The summed E-state index contributed by atoms with van der Waals surface area (Å²) in [5.74, 6) is 0. The molecule has 68 valence electrons. The summed E-state index contributed by atoms with van der Waals surface area (Å²) in [6.07, 6.45) is 2.84. The van der Waals surface area contributed by atoms with Crippen molar-refractivity contribution in [1.29, 1.82) is 0 Å². The fourth-order valence-corrected chi connectivity index (χ4v) is 1.92. The molecule has 2 rings (SSSR count). The Balaban J connectivity index is 1.97. The summed E-state index contributed by atoms with van der Waals surface area (Å²) in [7, 11) is 1.70. The largest absolute Gasteiger partial charge is 0.444 e. The molecule has 4 nitrogen and oxygen atoms in total. The second kappa shape index (κ2) is 2.94. The molecule has 1 aliphatic heterocycles. The Morgan fingerprint density at radius 3 is 3.17 bits per heavy atom. The smallest absolute Gasteiger partial charge is 0.407 e. The number of hydrogen-bond acceptors (Lipinski definition) is 3. The zero-order chi connectivity index (χ0) is 8.55. The molecule has 2 fully saturated rings. The van der Waals surface area contributed by atoms with E-state index in [1.807, 2.05) is 0 Å². The van der Waals surface area contributed by atoms with Crippen molar-refractivity contribution in [3.05, 3.63) is 0 Å². The Labute approximate surface area is 71.2 Å². The van der Waals surface area contributed by atoms with Crippen LogP contribution >= 0.6 is 0 Å². The second-order valence-corrected chi connectivity index (χ2v) is 3.37. The number of ether oxygens (including phenoxy) is 2. The van der Waals surface area contributed by atoms with Gasteiger partial charge in [0.2, 0.25) is 0 Å². The van der Waals surface area contributed by atoms with Gasteiger partial charge in [0, 0.05) is 13.5 Å². The Bertz CT molecular complexity index is 195. The highest BCUT2D eigenvalue weighted by Crippen LogP contribution is 2.26.